The van der Waals surface area contributed by atoms with Gasteiger partial charge in [-0.3, -0.25) is 0 Å². The van der Waals surface area contributed by atoms with E-state index in [0.717, 1.165) is 16.8 Å². The van der Waals surface area contributed by atoms with Gasteiger partial charge in [0.05, 0.1) is 12.8 Å². The molecule has 6 heteroatoms. The first-order valence-electron chi connectivity index (χ1n) is 6.48. The van der Waals surface area contributed by atoms with Gasteiger partial charge in [-0.25, -0.2) is 0 Å². The summed E-state index contributed by atoms with van der Waals surface area (Å²) in [5, 5.41) is 12.0. The first kappa shape index (κ1) is 13.1. The minimum Gasteiger partial charge on any atom is -0.497 e. The molecule has 106 valence electrons. The second-order valence-electron chi connectivity index (χ2n) is 4.70. The van der Waals surface area contributed by atoms with Crippen molar-refractivity contribution in [2.24, 2.45) is 0 Å². The Balaban J connectivity index is 2.16. The molecule has 2 N–H and O–H groups in total. The van der Waals surface area contributed by atoms with Gasteiger partial charge in [0.2, 0.25) is 0 Å². The Morgan fingerprint density at radius 2 is 1.95 bits per heavy atom. The van der Waals surface area contributed by atoms with E-state index in [1.165, 1.54) is 0 Å². The van der Waals surface area contributed by atoms with Crippen LogP contribution in [0, 0.1) is 6.92 Å². The fourth-order valence-electron chi connectivity index (χ4n) is 2.20. The van der Waals surface area contributed by atoms with E-state index in [9.17, 15) is 0 Å². The summed E-state index contributed by atoms with van der Waals surface area (Å²) in [5.74, 6) is 1.29. The highest BCUT2D eigenvalue weighted by atomic mass is 16.5. The molecule has 0 aliphatic rings. The van der Waals surface area contributed by atoms with Gasteiger partial charge in [0.25, 0.3) is 0 Å². The molecule has 2 aromatic carbocycles. The Morgan fingerprint density at radius 3 is 2.71 bits per heavy atom. The number of ether oxygens (including phenoxy) is 1. The predicted molar refractivity (Wildman–Crippen MR) is 80.3 cm³/mol. The quantitative estimate of drug-likeness (QED) is 0.745. The molecule has 0 fully saturated rings. The van der Waals surface area contributed by atoms with Crippen molar-refractivity contribution >= 4 is 5.69 Å². The fraction of sp³-hybridized carbons (Fsp3) is 0.133. The lowest BCUT2D eigenvalue weighted by molar-refractivity contribution is 0.415. The van der Waals surface area contributed by atoms with Gasteiger partial charge in [-0.1, -0.05) is 18.2 Å². The van der Waals surface area contributed by atoms with Crippen molar-refractivity contribution in [2.75, 3.05) is 12.8 Å². The van der Waals surface area contributed by atoms with Crippen molar-refractivity contribution in [3.8, 4) is 22.8 Å². The highest BCUT2D eigenvalue weighted by Gasteiger charge is 2.13. The Labute approximate surface area is 122 Å². The minimum absolute atomic E-state index is 0.601. The van der Waals surface area contributed by atoms with E-state index in [1.54, 1.807) is 17.9 Å². The number of nitrogens with zero attached hydrogens (tertiary/aromatic N) is 4. The van der Waals surface area contributed by atoms with Crippen molar-refractivity contribution < 1.29 is 4.74 Å². The molecule has 1 heterocycles. The zero-order chi connectivity index (χ0) is 14.8. The number of benzene rings is 2. The lowest BCUT2D eigenvalue weighted by Gasteiger charge is -2.09. The van der Waals surface area contributed by atoms with E-state index in [4.69, 9.17) is 10.5 Å². The largest absolute Gasteiger partial charge is 0.497 e. The van der Waals surface area contributed by atoms with Crippen LogP contribution in [-0.4, -0.2) is 27.3 Å². The van der Waals surface area contributed by atoms with Crippen LogP contribution in [0.3, 0.4) is 0 Å². The second-order valence-corrected chi connectivity index (χ2v) is 4.70. The molecule has 0 bridgehead atoms. The number of nitrogens with two attached hydrogens (primary N) is 1. The maximum absolute atomic E-state index is 5.90. The van der Waals surface area contributed by atoms with Gasteiger partial charge in [0, 0.05) is 17.3 Å². The van der Waals surface area contributed by atoms with E-state index in [0.29, 0.717) is 17.3 Å². The molecule has 0 spiro atoms. The summed E-state index contributed by atoms with van der Waals surface area (Å²) in [6.07, 6.45) is 0. The number of para-hydroxylation sites is 1. The summed E-state index contributed by atoms with van der Waals surface area (Å²) in [5.41, 5.74) is 9.32. The SMILES string of the molecule is COc1cc(N)cc(-c2nnnn2-c2ccccc2C)c1. The van der Waals surface area contributed by atoms with Crippen molar-refractivity contribution in [2.45, 2.75) is 6.92 Å². The third-order valence-corrected chi connectivity index (χ3v) is 3.24. The maximum atomic E-state index is 5.90. The average Bonchev–Trinajstić information content (AvgIpc) is 2.96. The zero-order valence-electron chi connectivity index (χ0n) is 11.8. The van der Waals surface area contributed by atoms with E-state index in [2.05, 4.69) is 15.5 Å². The first-order valence-corrected chi connectivity index (χ1v) is 6.48. The molecule has 0 aliphatic heterocycles. The maximum Gasteiger partial charge on any atom is 0.187 e. The minimum atomic E-state index is 0.601. The molecule has 0 saturated carbocycles. The molecule has 0 unspecified atom stereocenters. The summed E-state index contributed by atoms with van der Waals surface area (Å²) in [6, 6.07) is 13.4. The van der Waals surface area contributed by atoms with Gasteiger partial charge in [-0.05, 0) is 41.1 Å². The predicted octanol–water partition coefficient (Wildman–Crippen LogP) is 2.23. The summed E-state index contributed by atoms with van der Waals surface area (Å²) < 4.78 is 6.94. The summed E-state index contributed by atoms with van der Waals surface area (Å²) in [7, 11) is 1.60. The number of tetrazole rings is 1. The van der Waals surface area contributed by atoms with Crippen LogP contribution in [0.15, 0.2) is 42.5 Å². The normalized spacial score (nSPS) is 10.6. The third kappa shape index (κ3) is 2.43. The number of hydrogen-bond donors (Lipinski definition) is 1. The fourth-order valence-corrected chi connectivity index (χ4v) is 2.20. The molecule has 0 atom stereocenters. The van der Waals surface area contributed by atoms with Gasteiger partial charge in [-0.2, -0.15) is 4.68 Å². The third-order valence-electron chi connectivity index (χ3n) is 3.24. The van der Waals surface area contributed by atoms with Crippen molar-refractivity contribution in [3.63, 3.8) is 0 Å². The molecule has 6 nitrogen and oxygen atoms in total. The van der Waals surface area contributed by atoms with Crippen LogP contribution in [0.2, 0.25) is 0 Å². The number of methoxy groups -OCH3 is 1. The molecule has 0 amide bonds. The summed E-state index contributed by atoms with van der Waals surface area (Å²) in [6.45, 7) is 2.01. The van der Waals surface area contributed by atoms with Gasteiger partial charge < -0.3 is 10.5 Å². The molecule has 1 aromatic heterocycles. The van der Waals surface area contributed by atoms with Crippen molar-refractivity contribution in [1.82, 2.24) is 20.2 Å². The molecular formula is C15H15N5O. The Hall–Kier alpha value is -2.89. The van der Waals surface area contributed by atoms with E-state index < -0.39 is 0 Å². The van der Waals surface area contributed by atoms with Gasteiger partial charge in [-0.15, -0.1) is 5.10 Å². The van der Waals surface area contributed by atoms with Gasteiger partial charge in [0.15, 0.2) is 5.82 Å². The number of anilines is 1. The van der Waals surface area contributed by atoms with Gasteiger partial charge in [0.1, 0.15) is 5.75 Å². The van der Waals surface area contributed by atoms with Crippen molar-refractivity contribution in [3.05, 3.63) is 48.0 Å². The molecule has 0 saturated heterocycles. The van der Waals surface area contributed by atoms with Gasteiger partial charge >= 0.3 is 0 Å². The molecule has 3 rings (SSSR count). The number of aromatic nitrogens is 4. The highest BCUT2D eigenvalue weighted by molar-refractivity contribution is 5.66. The highest BCUT2D eigenvalue weighted by Crippen LogP contribution is 2.27. The van der Waals surface area contributed by atoms with Crippen molar-refractivity contribution in [1.29, 1.82) is 0 Å². The monoisotopic (exact) mass is 281 g/mol. The topological polar surface area (TPSA) is 78.8 Å². The molecule has 0 radical (unpaired) electrons. The lowest BCUT2D eigenvalue weighted by atomic mass is 10.1. The standard InChI is InChI=1S/C15H15N5O/c1-10-5-3-4-6-14(10)20-15(17-18-19-20)11-7-12(16)9-13(8-11)21-2/h3-9H,16H2,1-2H3. The molecular weight excluding hydrogens is 266 g/mol. The Bertz CT molecular complexity index is 781. The number of nitrogen functional groups attached to an aromatic ring is 1. The molecule has 21 heavy (non-hydrogen) atoms. The second kappa shape index (κ2) is 5.24. The smallest absolute Gasteiger partial charge is 0.187 e. The van der Waals surface area contributed by atoms with Crippen LogP contribution >= 0.6 is 0 Å². The molecule has 3 aromatic rings. The summed E-state index contributed by atoms with van der Waals surface area (Å²) >= 11 is 0. The average molecular weight is 281 g/mol. The van der Waals surface area contributed by atoms with Crippen LogP contribution in [0.25, 0.3) is 17.1 Å². The molecule has 0 aliphatic carbocycles. The van der Waals surface area contributed by atoms with E-state index in [1.807, 2.05) is 43.3 Å². The van der Waals surface area contributed by atoms with Crippen LogP contribution in [0.1, 0.15) is 5.56 Å². The van der Waals surface area contributed by atoms with Crippen LogP contribution in [0.5, 0.6) is 5.75 Å². The first-order chi connectivity index (χ1) is 10.2. The number of aryl methyl sites for hydroxylation is 1. The number of hydrogen-bond acceptors (Lipinski definition) is 5. The van der Waals surface area contributed by atoms with E-state index >= 15 is 0 Å². The summed E-state index contributed by atoms with van der Waals surface area (Å²) in [4.78, 5) is 0. The van der Waals surface area contributed by atoms with Crippen LogP contribution < -0.4 is 10.5 Å². The number of rotatable bonds is 3. The van der Waals surface area contributed by atoms with Crippen LogP contribution in [-0.2, 0) is 0 Å². The van der Waals surface area contributed by atoms with E-state index in [-0.39, 0.29) is 0 Å². The van der Waals surface area contributed by atoms with Crippen LogP contribution in [0.4, 0.5) is 5.69 Å². The zero-order valence-corrected chi connectivity index (χ0v) is 11.8. The Kier molecular flexibility index (Phi) is 3.27. The Morgan fingerprint density at radius 1 is 1.14 bits per heavy atom. The lowest BCUT2D eigenvalue weighted by Crippen LogP contribution is -2.02.